The van der Waals surface area contributed by atoms with Gasteiger partial charge >= 0.3 is 6.03 Å². The van der Waals surface area contributed by atoms with Gasteiger partial charge in [0.2, 0.25) is 5.91 Å². The van der Waals surface area contributed by atoms with Gasteiger partial charge in [0, 0.05) is 5.69 Å². The van der Waals surface area contributed by atoms with Gasteiger partial charge in [-0.25, -0.2) is 9.69 Å². The minimum Gasteiger partial charge on any atom is -0.490 e. The van der Waals surface area contributed by atoms with Gasteiger partial charge in [0.15, 0.2) is 11.5 Å². The molecule has 1 aliphatic rings. The first-order valence-electron chi connectivity index (χ1n) is 11.1. The fourth-order valence-corrected chi connectivity index (χ4v) is 4.00. The quantitative estimate of drug-likeness (QED) is 0.361. The monoisotopic (exact) mass is 529 g/mol. The van der Waals surface area contributed by atoms with Crippen molar-refractivity contribution in [3.63, 3.8) is 0 Å². The number of carbonyl (C=O) groups excluding carboxylic acids is 3. The minimum atomic E-state index is -0.654. The van der Waals surface area contributed by atoms with Crippen LogP contribution in [0.25, 0.3) is 6.08 Å². The SMILES string of the molecule is CCOc1cc(/C=C2/NC(=O)N(CC(=O)Nc3ccccc3CC)C2=O)cc(Br)c1OC(C)C. The number of amides is 4. The standard InChI is InChI=1S/C25H28BrN3O5/c1-5-17-9-7-8-10-19(17)27-22(30)14-29-24(31)20(28-25(29)32)12-16-11-18(26)23(34-15(3)4)21(13-16)33-6-2/h7-13,15H,5-6,14H2,1-4H3,(H,27,30)(H,28,32)/b20-12+. The van der Waals surface area contributed by atoms with Gasteiger partial charge in [-0.1, -0.05) is 25.1 Å². The number of imide groups is 1. The van der Waals surface area contributed by atoms with E-state index in [1.165, 1.54) is 6.08 Å². The van der Waals surface area contributed by atoms with E-state index in [4.69, 9.17) is 9.47 Å². The van der Waals surface area contributed by atoms with Crippen LogP contribution in [0.5, 0.6) is 11.5 Å². The van der Waals surface area contributed by atoms with E-state index >= 15 is 0 Å². The second kappa shape index (κ2) is 11.2. The van der Waals surface area contributed by atoms with Gasteiger partial charge in [0.05, 0.1) is 17.2 Å². The summed E-state index contributed by atoms with van der Waals surface area (Å²) < 4.78 is 12.2. The lowest BCUT2D eigenvalue weighted by molar-refractivity contribution is -0.127. The molecule has 2 aromatic carbocycles. The number of halogens is 1. The number of carbonyl (C=O) groups is 3. The molecule has 0 unspecified atom stereocenters. The van der Waals surface area contributed by atoms with Crippen molar-refractivity contribution in [2.75, 3.05) is 18.5 Å². The van der Waals surface area contributed by atoms with Gasteiger partial charge in [-0.2, -0.15) is 0 Å². The first-order chi connectivity index (χ1) is 16.2. The van der Waals surface area contributed by atoms with Crippen LogP contribution < -0.4 is 20.1 Å². The van der Waals surface area contributed by atoms with E-state index in [1.807, 2.05) is 45.9 Å². The summed E-state index contributed by atoms with van der Waals surface area (Å²) >= 11 is 3.49. The zero-order valence-electron chi connectivity index (χ0n) is 19.6. The number of aryl methyl sites for hydroxylation is 1. The van der Waals surface area contributed by atoms with Crippen molar-refractivity contribution in [3.05, 3.63) is 57.7 Å². The van der Waals surface area contributed by atoms with Crippen LogP contribution in [-0.2, 0) is 16.0 Å². The van der Waals surface area contributed by atoms with Crippen LogP contribution in [0.2, 0.25) is 0 Å². The van der Waals surface area contributed by atoms with Crippen molar-refractivity contribution in [2.45, 2.75) is 40.2 Å². The topological polar surface area (TPSA) is 97.0 Å². The Morgan fingerprint density at radius 3 is 2.62 bits per heavy atom. The molecule has 3 rings (SSSR count). The molecule has 0 radical (unpaired) electrons. The van der Waals surface area contributed by atoms with Crippen molar-refractivity contribution in [3.8, 4) is 11.5 Å². The van der Waals surface area contributed by atoms with Crippen LogP contribution in [0.3, 0.4) is 0 Å². The predicted molar refractivity (Wildman–Crippen MR) is 134 cm³/mol. The Morgan fingerprint density at radius 2 is 1.94 bits per heavy atom. The molecule has 180 valence electrons. The third kappa shape index (κ3) is 5.96. The molecular weight excluding hydrogens is 502 g/mol. The number of nitrogens with one attached hydrogen (secondary N) is 2. The number of urea groups is 1. The van der Waals surface area contributed by atoms with Crippen LogP contribution in [0.1, 0.15) is 38.8 Å². The molecule has 2 aromatic rings. The number of para-hydroxylation sites is 1. The molecule has 9 heteroatoms. The molecule has 0 aromatic heterocycles. The van der Waals surface area contributed by atoms with E-state index in [1.54, 1.807) is 18.2 Å². The largest absolute Gasteiger partial charge is 0.490 e. The molecule has 0 aliphatic carbocycles. The Hall–Kier alpha value is -3.33. The van der Waals surface area contributed by atoms with Gasteiger partial charge in [-0.3, -0.25) is 9.59 Å². The summed E-state index contributed by atoms with van der Waals surface area (Å²) in [7, 11) is 0. The second-order valence-corrected chi connectivity index (χ2v) is 8.72. The Bertz CT molecular complexity index is 1130. The van der Waals surface area contributed by atoms with E-state index in [-0.39, 0.29) is 11.8 Å². The van der Waals surface area contributed by atoms with Gasteiger partial charge in [0.1, 0.15) is 12.2 Å². The van der Waals surface area contributed by atoms with Crippen molar-refractivity contribution < 1.29 is 23.9 Å². The summed E-state index contributed by atoms with van der Waals surface area (Å²) in [6, 6.07) is 10.2. The third-order valence-corrected chi connectivity index (χ3v) is 5.52. The average molecular weight is 530 g/mol. The van der Waals surface area contributed by atoms with Gasteiger partial charge < -0.3 is 20.1 Å². The molecular formula is C25H28BrN3O5. The lowest BCUT2D eigenvalue weighted by Crippen LogP contribution is -2.38. The highest BCUT2D eigenvalue weighted by atomic mass is 79.9. The molecule has 8 nitrogen and oxygen atoms in total. The van der Waals surface area contributed by atoms with Crippen LogP contribution in [0.15, 0.2) is 46.6 Å². The second-order valence-electron chi connectivity index (χ2n) is 7.87. The smallest absolute Gasteiger partial charge is 0.329 e. The maximum Gasteiger partial charge on any atom is 0.329 e. The van der Waals surface area contributed by atoms with E-state index < -0.39 is 24.4 Å². The maximum absolute atomic E-state index is 12.9. The highest BCUT2D eigenvalue weighted by Crippen LogP contribution is 2.38. The summed E-state index contributed by atoms with van der Waals surface area (Å²) in [5.41, 5.74) is 2.32. The molecule has 1 heterocycles. The Labute approximate surface area is 207 Å². The fourth-order valence-electron chi connectivity index (χ4n) is 3.45. The number of rotatable bonds is 9. The van der Waals surface area contributed by atoms with E-state index in [0.717, 1.165) is 16.9 Å². The molecule has 0 bridgehead atoms. The summed E-state index contributed by atoms with van der Waals surface area (Å²) in [5.74, 6) is 0.0363. The molecule has 1 fully saturated rings. The Morgan fingerprint density at radius 1 is 1.21 bits per heavy atom. The summed E-state index contributed by atoms with van der Waals surface area (Å²) in [4.78, 5) is 38.7. The Kier molecular flexibility index (Phi) is 8.33. The molecule has 0 atom stereocenters. The van der Waals surface area contributed by atoms with Crippen molar-refractivity contribution in [1.29, 1.82) is 0 Å². The highest BCUT2D eigenvalue weighted by molar-refractivity contribution is 9.10. The van der Waals surface area contributed by atoms with E-state index in [0.29, 0.717) is 33.8 Å². The summed E-state index contributed by atoms with van der Waals surface area (Å²) in [6.45, 7) is 7.71. The molecule has 1 aliphatic heterocycles. The summed E-state index contributed by atoms with van der Waals surface area (Å²) in [5, 5.41) is 5.32. The number of nitrogens with zero attached hydrogens (tertiary/aromatic N) is 1. The van der Waals surface area contributed by atoms with Crippen LogP contribution in [0.4, 0.5) is 10.5 Å². The zero-order valence-corrected chi connectivity index (χ0v) is 21.2. The molecule has 34 heavy (non-hydrogen) atoms. The highest BCUT2D eigenvalue weighted by Gasteiger charge is 2.35. The first-order valence-corrected chi connectivity index (χ1v) is 11.9. The van der Waals surface area contributed by atoms with E-state index in [2.05, 4.69) is 26.6 Å². The number of hydrogen-bond acceptors (Lipinski definition) is 5. The van der Waals surface area contributed by atoms with Gasteiger partial charge in [0.25, 0.3) is 5.91 Å². The normalized spacial score (nSPS) is 14.5. The molecule has 2 N–H and O–H groups in total. The van der Waals surface area contributed by atoms with Crippen molar-refractivity contribution in [1.82, 2.24) is 10.2 Å². The molecule has 4 amide bonds. The zero-order chi connectivity index (χ0) is 24.8. The van der Waals surface area contributed by atoms with Crippen LogP contribution >= 0.6 is 15.9 Å². The predicted octanol–water partition coefficient (Wildman–Crippen LogP) is 4.73. The van der Waals surface area contributed by atoms with Gasteiger partial charge in [-0.05, 0) is 78.5 Å². The van der Waals surface area contributed by atoms with Crippen LogP contribution in [-0.4, -0.2) is 42.0 Å². The van der Waals surface area contributed by atoms with Crippen molar-refractivity contribution >= 4 is 45.5 Å². The molecule has 1 saturated heterocycles. The number of hydrogen-bond donors (Lipinski definition) is 2. The molecule has 0 spiro atoms. The first kappa shape index (κ1) is 25.3. The average Bonchev–Trinajstić information content (AvgIpc) is 3.03. The molecule has 0 saturated carbocycles. The Balaban J connectivity index is 1.78. The number of anilines is 1. The van der Waals surface area contributed by atoms with Crippen LogP contribution in [0, 0.1) is 0 Å². The fraction of sp³-hybridized carbons (Fsp3) is 0.320. The van der Waals surface area contributed by atoms with Crippen molar-refractivity contribution in [2.24, 2.45) is 0 Å². The lowest BCUT2D eigenvalue weighted by Gasteiger charge is -2.17. The van der Waals surface area contributed by atoms with Gasteiger partial charge in [-0.15, -0.1) is 0 Å². The third-order valence-electron chi connectivity index (χ3n) is 4.93. The maximum atomic E-state index is 12.9. The lowest BCUT2D eigenvalue weighted by atomic mass is 10.1. The summed E-state index contributed by atoms with van der Waals surface area (Å²) in [6.07, 6.45) is 2.23. The van der Waals surface area contributed by atoms with E-state index in [9.17, 15) is 14.4 Å². The number of benzene rings is 2. The number of ether oxygens (including phenoxy) is 2. The minimum absolute atomic E-state index is 0.0561.